The molecule has 1 aromatic heterocycles. The third kappa shape index (κ3) is 2.40. The van der Waals surface area contributed by atoms with Gasteiger partial charge in [0.25, 0.3) is 0 Å². The van der Waals surface area contributed by atoms with Gasteiger partial charge in [-0.05, 0) is 0 Å². The standard InChI is InChI=1S/C12H19N5/c1-3-13-4-2-11-10(1)15-9-12(16-11)17-7-5-14-6-8-17/h9,13-14H,1-8H2. The van der Waals surface area contributed by atoms with Crippen molar-refractivity contribution in [3.05, 3.63) is 17.6 Å². The Labute approximate surface area is 102 Å². The van der Waals surface area contributed by atoms with E-state index in [4.69, 9.17) is 4.98 Å². The molecule has 0 unspecified atom stereocenters. The number of hydrogen-bond acceptors (Lipinski definition) is 5. The number of piperazine rings is 1. The summed E-state index contributed by atoms with van der Waals surface area (Å²) in [6.45, 7) is 6.19. The van der Waals surface area contributed by atoms with E-state index in [2.05, 4.69) is 20.5 Å². The van der Waals surface area contributed by atoms with Crippen molar-refractivity contribution in [1.82, 2.24) is 20.6 Å². The molecule has 0 radical (unpaired) electrons. The van der Waals surface area contributed by atoms with Crippen LogP contribution >= 0.6 is 0 Å². The van der Waals surface area contributed by atoms with Crippen LogP contribution in [0.2, 0.25) is 0 Å². The molecule has 0 amide bonds. The molecule has 92 valence electrons. The van der Waals surface area contributed by atoms with Crippen molar-refractivity contribution in [1.29, 1.82) is 0 Å². The Bertz CT molecular complexity index is 386. The highest BCUT2D eigenvalue weighted by atomic mass is 15.2. The summed E-state index contributed by atoms with van der Waals surface area (Å²) in [6.07, 6.45) is 3.95. The average molecular weight is 233 g/mol. The van der Waals surface area contributed by atoms with Crippen LogP contribution in [0.25, 0.3) is 0 Å². The molecule has 0 aromatic carbocycles. The average Bonchev–Trinajstić information content (AvgIpc) is 2.64. The Morgan fingerprint density at radius 3 is 2.47 bits per heavy atom. The Balaban J connectivity index is 1.83. The second-order valence-corrected chi connectivity index (χ2v) is 4.61. The molecule has 0 atom stereocenters. The van der Waals surface area contributed by atoms with E-state index < -0.39 is 0 Å². The number of rotatable bonds is 1. The fraction of sp³-hybridized carbons (Fsp3) is 0.667. The quantitative estimate of drug-likeness (QED) is 0.690. The molecule has 1 saturated heterocycles. The van der Waals surface area contributed by atoms with Crippen molar-refractivity contribution in [3.8, 4) is 0 Å². The molecule has 2 aliphatic rings. The lowest BCUT2D eigenvalue weighted by molar-refractivity contribution is 0.583. The Kier molecular flexibility index (Phi) is 3.20. The minimum Gasteiger partial charge on any atom is -0.353 e. The van der Waals surface area contributed by atoms with Crippen LogP contribution in [0.3, 0.4) is 0 Å². The van der Waals surface area contributed by atoms with Gasteiger partial charge in [0.2, 0.25) is 0 Å². The first-order valence-electron chi connectivity index (χ1n) is 6.45. The highest BCUT2D eigenvalue weighted by Crippen LogP contribution is 2.15. The predicted molar refractivity (Wildman–Crippen MR) is 67.4 cm³/mol. The number of fused-ring (bicyclic) bond motifs is 1. The molecule has 2 N–H and O–H groups in total. The first-order valence-corrected chi connectivity index (χ1v) is 6.45. The van der Waals surface area contributed by atoms with Gasteiger partial charge in [-0.1, -0.05) is 0 Å². The lowest BCUT2D eigenvalue weighted by atomic mass is 10.2. The maximum atomic E-state index is 4.79. The SMILES string of the molecule is c1nc2c(nc1N1CCNCC1)CCNCC2. The van der Waals surface area contributed by atoms with Gasteiger partial charge in [0.1, 0.15) is 5.82 Å². The summed E-state index contributed by atoms with van der Waals surface area (Å²) in [5, 5.41) is 6.75. The van der Waals surface area contributed by atoms with Crippen molar-refractivity contribution in [3.63, 3.8) is 0 Å². The van der Waals surface area contributed by atoms with Gasteiger partial charge in [-0.25, -0.2) is 4.98 Å². The minimum absolute atomic E-state index is 1.00. The van der Waals surface area contributed by atoms with Crippen molar-refractivity contribution in [2.24, 2.45) is 0 Å². The fourth-order valence-corrected chi connectivity index (χ4v) is 2.44. The van der Waals surface area contributed by atoms with E-state index in [1.54, 1.807) is 0 Å². The molecular weight excluding hydrogens is 214 g/mol. The van der Waals surface area contributed by atoms with E-state index in [1.807, 2.05) is 6.20 Å². The van der Waals surface area contributed by atoms with Crippen LogP contribution in [0.5, 0.6) is 0 Å². The molecule has 17 heavy (non-hydrogen) atoms. The van der Waals surface area contributed by atoms with E-state index in [0.717, 1.165) is 57.9 Å². The summed E-state index contributed by atoms with van der Waals surface area (Å²) < 4.78 is 0. The van der Waals surface area contributed by atoms with Gasteiger partial charge in [0.15, 0.2) is 0 Å². The fourth-order valence-electron chi connectivity index (χ4n) is 2.44. The normalized spacial score (nSPS) is 20.8. The molecule has 5 nitrogen and oxygen atoms in total. The number of hydrogen-bond donors (Lipinski definition) is 2. The summed E-state index contributed by atoms with van der Waals surface area (Å²) in [7, 11) is 0. The van der Waals surface area contributed by atoms with Crippen molar-refractivity contribution in [2.75, 3.05) is 44.2 Å². The van der Waals surface area contributed by atoms with Gasteiger partial charge in [-0.15, -0.1) is 0 Å². The zero-order chi connectivity index (χ0) is 11.5. The third-order valence-corrected chi connectivity index (χ3v) is 3.44. The zero-order valence-corrected chi connectivity index (χ0v) is 10.1. The topological polar surface area (TPSA) is 53.1 Å². The van der Waals surface area contributed by atoms with E-state index >= 15 is 0 Å². The van der Waals surface area contributed by atoms with Gasteiger partial charge in [0.05, 0.1) is 17.6 Å². The van der Waals surface area contributed by atoms with Crippen molar-refractivity contribution >= 4 is 5.82 Å². The molecule has 0 bridgehead atoms. The highest BCUT2D eigenvalue weighted by Gasteiger charge is 2.15. The summed E-state index contributed by atoms with van der Waals surface area (Å²) in [4.78, 5) is 11.7. The number of nitrogens with one attached hydrogen (secondary N) is 2. The lowest BCUT2D eigenvalue weighted by Crippen LogP contribution is -2.44. The van der Waals surface area contributed by atoms with E-state index in [-0.39, 0.29) is 0 Å². The smallest absolute Gasteiger partial charge is 0.147 e. The largest absolute Gasteiger partial charge is 0.353 e. The molecule has 0 spiro atoms. The van der Waals surface area contributed by atoms with Crippen LogP contribution in [0.15, 0.2) is 6.20 Å². The number of aromatic nitrogens is 2. The van der Waals surface area contributed by atoms with Gasteiger partial charge in [0, 0.05) is 52.1 Å². The molecule has 1 aromatic rings. The van der Waals surface area contributed by atoms with Gasteiger partial charge in [-0.2, -0.15) is 0 Å². The van der Waals surface area contributed by atoms with E-state index in [0.29, 0.717) is 0 Å². The Hall–Kier alpha value is -1.20. The molecule has 3 rings (SSSR count). The van der Waals surface area contributed by atoms with Gasteiger partial charge >= 0.3 is 0 Å². The Morgan fingerprint density at radius 2 is 1.65 bits per heavy atom. The minimum atomic E-state index is 1.00. The van der Waals surface area contributed by atoms with Crippen LogP contribution < -0.4 is 15.5 Å². The van der Waals surface area contributed by atoms with E-state index in [9.17, 15) is 0 Å². The van der Waals surface area contributed by atoms with Gasteiger partial charge < -0.3 is 15.5 Å². The summed E-state index contributed by atoms with van der Waals surface area (Å²) >= 11 is 0. The molecule has 5 heteroatoms. The number of nitrogens with zero attached hydrogens (tertiary/aromatic N) is 3. The molecule has 0 saturated carbocycles. The lowest BCUT2D eigenvalue weighted by Gasteiger charge is -2.28. The maximum Gasteiger partial charge on any atom is 0.147 e. The maximum absolute atomic E-state index is 4.79. The van der Waals surface area contributed by atoms with Crippen LogP contribution in [-0.4, -0.2) is 49.2 Å². The van der Waals surface area contributed by atoms with Crippen molar-refractivity contribution in [2.45, 2.75) is 12.8 Å². The monoisotopic (exact) mass is 233 g/mol. The predicted octanol–water partition coefficient (Wildman–Crippen LogP) is -0.426. The first-order chi connectivity index (χ1) is 8.43. The first kappa shape index (κ1) is 10.9. The summed E-state index contributed by atoms with van der Waals surface area (Å²) in [6, 6.07) is 0. The molecule has 3 heterocycles. The Morgan fingerprint density at radius 1 is 0.941 bits per heavy atom. The van der Waals surface area contributed by atoms with Crippen molar-refractivity contribution < 1.29 is 0 Å². The molecule has 2 aliphatic heterocycles. The molecule has 1 fully saturated rings. The van der Waals surface area contributed by atoms with Crippen LogP contribution in [0, 0.1) is 0 Å². The second kappa shape index (κ2) is 4.98. The van der Waals surface area contributed by atoms with Crippen LogP contribution in [0.1, 0.15) is 11.4 Å². The van der Waals surface area contributed by atoms with Crippen LogP contribution in [-0.2, 0) is 12.8 Å². The molecular formula is C12H19N5. The van der Waals surface area contributed by atoms with E-state index in [1.165, 1.54) is 11.4 Å². The molecule has 0 aliphatic carbocycles. The highest BCUT2D eigenvalue weighted by molar-refractivity contribution is 5.38. The summed E-state index contributed by atoms with van der Waals surface area (Å²) in [5.74, 6) is 1.05. The third-order valence-electron chi connectivity index (χ3n) is 3.44. The summed E-state index contributed by atoms with van der Waals surface area (Å²) in [5.41, 5.74) is 2.36. The van der Waals surface area contributed by atoms with Gasteiger partial charge in [-0.3, -0.25) is 4.98 Å². The van der Waals surface area contributed by atoms with Crippen LogP contribution in [0.4, 0.5) is 5.82 Å². The second-order valence-electron chi connectivity index (χ2n) is 4.61. The zero-order valence-electron chi connectivity index (χ0n) is 10.1. The number of anilines is 1.